The van der Waals surface area contributed by atoms with Gasteiger partial charge in [0, 0.05) is 43.9 Å². The number of nitrogens with zero attached hydrogens (tertiary/aromatic N) is 3. The average molecular weight is 437 g/mol. The van der Waals surface area contributed by atoms with Crippen molar-refractivity contribution in [2.24, 2.45) is 7.05 Å². The van der Waals surface area contributed by atoms with Crippen molar-refractivity contribution in [3.05, 3.63) is 76.9 Å². The summed E-state index contributed by atoms with van der Waals surface area (Å²) in [5.41, 5.74) is 2.08. The molecule has 0 N–H and O–H groups in total. The van der Waals surface area contributed by atoms with Gasteiger partial charge in [-0.15, -0.1) is 0 Å². The van der Waals surface area contributed by atoms with E-state index in [2.05, 4.69) is 5.10 Å². The molecule has 0 unspecified atom stereocenters. The van der Waals surface area contributed by atoms with Crippen LogP contribution >= 0.6 is 0 Å². The number of hydrogen-bond acceptors (Lipinski definition) is 4. The summed E-state index contributed by atoms with van der Waals surface area (Å²) >= 11 is 0. The maximum atomic E-state index is 14.1. The fraction of sp³-hybridized carbons (Fsp3) is 0.250. The zero-order chi connectivity index (χ0) is 21.5. The van der Waals surface area contributed by atoms with Crippen LogP contribution < -0.4 is 4.74 Å². The average Bonchev–Trinajstić information content (AvgIpc) is 3.02. The molecule has 1 aliphatic rings. The standard InChI is InChI=1S/C20H18F3N3O3S/c1-25-19-8-9-26(30(27,28)20-7-4-14(22)10-17(20)23)11-16(19)18(24-25)12-29-15-5-2-13(21)3-6-15/h2-7,10H,8-9,11-12H2,1H3. The number of sulfonamides is 1. The van der Waals surface area contributed by atoms with Crippen molar-refractivity contribution in [3.63, 3.8) is 0 Å². The van der Waals surface area contributed by atoms with Gasteiger partial charge in [0.1, 0.15) is 40.4 Å². The topological polar surface area (TPSA) is 64.4 Å². The van der Waals surface area contributed by atoms with Crippen LogP contribution in [0.1, 0.15) is 17.0 Å². The van der Waals surface area contributed by atoms with Crippen molar-refractivity contribution >= 4 is 10.0 Å². The van der Waals surface area contributed by atoms with Gasteiger partial charge in [-0.2, -0.15) is 9.40 Å². The van der Waals surface area contributed by atoms with E-state index in [1.54, 1.807) is 11.7 Å². The zero-order valence-electron chi connectivity index (χ0n) is 16.0. The summed E-state index contributed by atoms with van der Waals surface area (Å²) in [4.78, 5) is -0.569. The Balaban J connectivity index is 1.59. The summed E-state index contributed by atoms with van der Waals surface area (Å²) in [7, 11) is -2.41. The highest BCUT2D eigenvalue weighted by atomic mass is 32.2. The number of rotatable bonds is 5. The number of ether oxygens (including phenoxy) is 1. The van der Waals surface area contributed by atoms with E-state index in [9.17, 15) is 21.6 Å². The molecule has 2 heterocycles. The quantitative estimate of drug-likeness (QED) is 0.615. The van der Waals surface area contributed by atoms with Crippen LogP contribution in [0.15, 0.2) is 47.4 Å². The van der Waals surface area contributed by atoms with Gasteiger partial charge in [-0.3, -0.25) is 4.68 Å². The Morgan fingerprint density at radius 3 is 2.47 bits per heavy atom. The van der Waals surface area contributed by atoms with Crippen molar-refractivity contribution in [3.8, 4) is 5.75 Å². The molecular formula is C20H18F3N3O3S. The molecule has 30 heavy (non-hydrogen) atoms. The molecule has 2 aromatic carbocycles. The highest BCUT2D eigenvalue weighted by Gasteiger charge is 2.33. The van der Waals surface area contributed by atoms with Crippen molar-refractivity contribution in [2.75, 3.05) is 6.54 Å². The monoisotopic (exact) mass is 437 g/mol. The van der Waals surface area contributed by atoms with Crippen LogP contribution in [0.25, 0.3) is 0 Å². The molecule has 4 rings (SSSR count). The molecule has 6 nitrogen and oxygen atoms in total. The van der Waals surface area contributed by atoms with Gasteiger partial charge in [-0.25, -0.2) is 21.6 Å². The molecule has 0 atom stereocenters. The fourth-order valence-corrected chi connectivity index (χ4v) is 4.93. The predicted octanol–water partition coefficient (Wildman–Crippen LogP) is 3.16. The van der Waals surface area contributed by atoms with E-state index < -0.39 is 26.6 Å². The molecule has 0 radical (unpaired) electrons. The van der Waals surface area contributed by atoms with Gasteiger partial charge in [-0.1, -0.05) is 0 Å². The van der Waals surface area contributed by atoms with Gasteiger partial charge in [0.15, 0.2) is 0 Å². The predicted molar refractivity (Wildman–Crippen MR) is 102 cm³/mol. The molecule has 0 spiro atoms. The number of halogens is 3. The van der Waals surface area contributed by atoms with E-state index >= 15 is 0 Å². The van der Waals surface area contributed by atoms with Crippen molar-refractivity contribution < 1.29 is 26.3 Å². The molecule has 158 valence electrons. The van der Waals surface area contributed by atoms with Crippen LogP contribution in [0.4, 0.5) is 13.2 Å². The summed E-state index contributed by atoms with van der Waals surface area (Å²) in [6, 6.07) is 7.91. The van der Waals surface area contributed by atoms with Crippen LogP contribution in [0.3, 0.4) is 0 Å². The second kappa shape index (κ2) is 7.77. The molecule has 1 aromatic heterocycles. The smallest absolute Gasteiger partial charge is 0.246 e. The lowest BCUT2D eigenvalue weighted by atomic mass is 10.1. The van der Waals surface area contributed by atoms with Gasteiger partial charge in [0.05, 0.1) is 0 Å². The third-order valence-corrected chi connectivity index (χ3v) is 6.87. The minimum atomic E-state index is -4.16. The highest BCUT2D eigenvalue weighted by Crippen LogP contribution is 2.29. The third kappa shape index (κ3) is 3.80. The maximum absolute atomic E-state index is 14.1. The summed E-state index contributed by atoms with van der Waals surface area (Å²) in [6.07, 6.45) is 0.386. The Labute approximate surface area is 171 Å². The van der Waals surface area contributed by atoms with Gasteiger partial charge >= 0.3 is 0 Å². The lowest BCUT2D eigenvalue weighted by Crippen LogP contribution is -2.37. The summed E-state index contributed by atoms with van der Waals surface area (Å²) in [6.45, 7) is 0.196. The Bertz CT molecular complexity index is 1190. The molecule has 0 amide bonds. The highest BCUT2D eigenvalue weighted by molar-refractivity contribution is 7.89. The van der Waals surface area contributed by atoms with Crippen molar-refractivity contribution in [1.82, 2.24) is 14.1 Å². The normalized spacial score (nSPS) is 14.5. The van der Waals surface area contributed by atoms with Gasteiger partial charge in [0.2, 0.25) is 10.0 Å². The molecule has 0 bridgehead atoms. The van der Waals surface area contributed by atoms with E-state index in [0.717, 1.165) is 22.1 Å². The van der Waals surface area contributed by atoms with Crippen molar-refractivity contribution in [1.29, 1.82) is 0 Å². The van der Waals surface area contributed by atoms with Crippen LogP contribution in [0, 0.1) is 17.5 Å². The number of fused-ring (bicyclic) bond motifs is 1. The Kier molecular flexibility index (Phi) is 5.29. The molecule has 0 saturated heterocycles. The van der Waals surface area contributed by atoms with Gasteiger partial charge in [-0.05, 0) is 36.4 Å². The summed E-state index contributed by atoms with van der Waals surface area (Å²) in [5.74, 6) is -1.91. The number of aryl methyl sites for hydroxylation is 1. The number of benzene rings is 2. The zero-order valence-corrected chi connectivity index (χ0v) is 16.8. The second-order valence-electron chi connectivity index (χ2n) is 6.90. The minimum Gasteiger partial charge on any atom is -0.487 e. The first-order valence-electron chi connectivity index (χ1n) is 9.13. The van der Waals surface area contributed by atoms with Crippen molar-refractivity contribution in [2.45, 2.75) is 24.5 Å². The molecule has 10 heteroatoms. The maximum Gasteiger partial charge on any atom is 0.246 e. The van der Waals surface area contributed by atoms with Crippen LogP contribution in [-0.2, 0) is 36.6 Å². The minimum absolute atomic E-state index is 0.00949. The SMILES string of the molecule is Cn1nc(COc2ccc(F)cc2)c2c1CCN(S(=O)(=O)c1ccc(F)cc1F)C2. The largest absolute Gasteiger partial charge is 0.487 e. The Morgan fingerprint density at radius 1 is 1.07 bits per heavy atom. The van der Waals surface area contributed by atoms with Crippen LogP contribution in [0.5, 0.6) is 5.75 Å². The van der Waals surface area contributed by atoms with E-state index in [1.807, 2.05) is 0 Å². The third-order valence-electron chi connectivity index (χ3n) is 4.99. The van der Waals surface area contributed by atoms with Crippen LogP contribution in [0.2, 0.25) is 0 Å². The molecule has 3 aromatic rings. The molecule has 0 saturated carbocycles. The van der Waals surface area contributed by atoms with Gasteiger partial charge < -0.3 is 4.74 Å². The number of hydrogen-bond donors (Lipinski definition) is 0. The Morgan fingerprint density at radius 2 is 1.77 bits per heavy atom. The molecule has 1 aliphatic heterocycles. The molecule has 0 fully saturated rings. The van der Waals surface area contributed by atoms with E-state index in [4.69, 9.17) is 4.74 Å². The second-order valence-corrected chi connectivity index (χ2v) is 8.81. The number of aromatic nitrogens is 2. The first-order chi connectivity index (χ1) is 14.3. The van der Waals surface area contributed by atoms with Gasteiger partial charge in [0.25, 0.3) is 0 Å². The van der Waals surface area contributed by atoms with E-state index in [0.29, 0.717) is 29.5 Å². The van der Waals surface area contributed by atoms with E-state index in [1.165, 1.54) is 24.3 Å². The summed E-state index contributed by atoms with van der Waals surface area (Å²) in [5, 5.41) is 4.42. The lowest BCUT2D eigenvalue weighted by Gasteiger charge is -2.27. The van der Waals surface area contributed by atoms with E-state index in [-0.39, 0.29) is 25.5 Å². The first kappa shape index (κ1) is 20.4. The summed E-state index contributed by atoms with van der Waals surface area (Å²) < 4.78 is 74.7. The molecular weight excluding hydrogens is 419 g/mol. The fourth-order valence-electron chi connectivity index (χ4n) is 3.47. The Hall–Kier alpha value is -2.85. The molecule has 0 aliphatic carbocycles. The lowest BCUT2D eigenvalue weighted by molar-refractivity contribution is 0.296. The van der Waals surface area contributed by atoms with Crippen LogP contribution in [-0.4, -0.2) is 29.0 Å². The first-order valence-corrected chi connectivity index (χ1v) is 10.6.